The van der Waals surface area contributed by atoms with Crippen LogP contribution in [0, 0.1) is 5.82 Å². The molecular formula is C15H13FN4O3. The summed E-state index contributed by atoms with van der Waals surface area (Å²) >= 11 is 0. The van der Waals surface area contributed by atoms with E-state index < -0.39 is 17.6 Å². The molecule has 2 aromatic rings. The minimum atomic E-state index is -0.705. The third-order valence-corrected chi connectivity index (χ3v) is 3.49. The van der Waals surface area contributed by atoms with E-state index in [1.54, 1.807) is 19.2 Å². The number of likely N-dealkylation sites (tertiary alicyclic amines) is 1. The summed E-state index contributed by atoms with van der Waals surface area (Å²) in [5.41, 5.74) is 0.750. The minimum Gasteiger partial charge on any atom is -0.459 e. The SMILES string of the molecule is CN1CC(c2ncnc(OCc3ccc(F)cc3)n2)C(=O)C1=O. The number of ether oxygens (including phenoxy) is 1. The topological polar surface area (TPSA) is 85.3 Å². The predicted molar refractivity (Wildman–Crippen MR) is 75.9 cm³/mol. The molecule has 0 saturated carbocycles. The maximum Gasteiger partial charge on any atom is 0.319 e. The van der Waals surface area contributed by atoms with Gasteiger partial charge in [0.1, 0.15) is 30.5 Å². The second-order valence-corrected chi connectivity index (χ2v) is 5.14. The highest BCUT2D eigenvalue weighted by atomic mass is 19.1. The molecule has 1 amide bonds. The predicted octanol–water partition coefficient (Wildman–Crippen LogP) is 0.714. The molecule has 0 aliphatic carbocycles. The Morgan fingerprint density at radius 2 is 2.00 bits per heavy atom. The summed E-state index contributed by atoms with van der Waals surface area (Å²) < 4.78 is 18.3. The van der Waals surface area contributed by atoms with Crippen LogP contribution in [0.5, 0.6) is 6.01 Å². The van der Waals surface area contributed by atoms with Gasteiger partial charge in [0, 0.05) is 13.6 Å². The van der Waals surface area contributed by atoms with Gasteiger partial charge in [0.2, 0.25) is 5.78 Å². The van der Waals surface area contributed by atoms with Crippen molar-refractivity contribution in [2.75, 3.05) is 13.6 Å². The largest absolute Gasteiger partial charge is 0.459 e. The van der Waals surface area contributed by atoms with Gasteiger partial charge in [-0.05, 0) is 17.7 Å². The van der Waals surface area contributed by atoms with Crippen LogP contribution in [-0.4, -0.2) is 45.1 Å². The van der Waals surface area contributed by atoms with E-state index in [0.29, 0.717) is 0 Å². The molecular weight excluding hydrogens is 303 g/mol. The van der Waals surface area contributed by atoms with Crippen LogP contribution in [0.1, 0.15) is 17.3 Å². The number of aromatic nitrogens is 3. The number of carbonyl (C=O) groups is 2. The average Bonchev–Trinajstić information content (AvgIpc) is 2.82. The summed E-state index contributed by atoms with van der Waals surface area (Å²) in [4.78, 5) is 36.7. The zero-order valence-electron chi connectivity index (χ0n) is 12.3. The molecule has 1 saturated heterocycles. The van der Waals surface area contributed by atoms with Crippen molar-refractivity contribution in [2.45, 2.75) is 12.5 Å². The Morgan fingerprint density at radius 3 is 2.65 bits per heavy atom. The van der Waals surface area contributed by atoms with Gasteiger partial charge in [0.05, 0.1) is 0 Å². The zero-order chi connectivity index (χ0) is 16.4. The number of halogens is 1. The number of nitrogens with zero attached hydrogens (tertiary/aromatic N) is 4. The number of ketones is 1. The smallest absolute Gasteiger partial charge is 0.319 e. The quantitative estimate of drug-likeness (QED) is 0.773. The molecule has 8 heteroatoms. The van der Waals surface area contributed by atoms with Crippen molar-refractivity contribution in [3.05, 3.63) is 47.8 Å². The van der Waals surface area contributed by atoms with Crippen LogP contribution in [-0.2, 0) is 16.2 Å². The summed E-state index contributed by atoms with van der Waals surface area (Å²) in [6, 6.07) is 5.89. The fraction of sp³-hybridized carbons (Fsp3) is 0.267. The van der Waals surface area contributed by atoms with E-state index in [1.807, 2.05) is 0 Å². The second kappa shape index (κ2) is 6.07. The van der Waals surface area contributed by atoms with Gasteiger partial charge in [0.25, 0.3) is 5.91 Å². The van der Waals surface area contributed by atoms with Crippen LogP contribution in [0.3, 0.4) is 0 Å². The highest BCUT2D eigenvalue weighted by Crippen LogP contribution is 2.22. The van der Waals surface area contributed by atoms with E-state index >= 15 is 0 Å². The van der Waals surface area contributed by atoms with Gasteiger partial charge in [-0.2, -0.15) is 9.97 Å². The van der Waals surface area contributed by atoms with Gasteiger partial charge in [0.15, 0.2) is 0 Å². The summed E-state index contributed by atoms with van der Waals surface area (Å²) in [7, 11) is 1.55. The molecule has 2 heterocycles. The number of hydrogen-bond donors (Lipinski definition) is 0. The number of rotatable bonds is 4. The second-order valence-electron chi connectivity index (χ2n) is 5.14. The van der Waals surface area contributed by atoms with Crippen molar-refractivity contribution in [1.82, 2.24) is 19.9 Å². The molecule has 1 aromatic heterocycles. The lowest BCUT2D eigenvalue weighted by molar-refractivity contribution is -0.139. The lowest BCUT2D eigenvalue weighted by Gasteiger charge is -2.09. The van der Waals surface area contributed by atoms with E-state index in [1.165, 1.54) is 23.4 Å². The number of benzene rings is 1. The molecule has 1 unspecified atom stereocenters. The number of hydrogen-bond acceptors (Lipinski definition) is 6. The number of likely N-dealkylation sites (N-methyl/N-ethyl adjacent to an activating group) is 1. The van der Waals surface area contributed by atoms with E-state index in [9.17, 15) is 14.0 Å². The van der Waals surface area contributed by atoms with E-state index in [0.717, 1.165) is 5.56 Å². The first-order chi connectivity index (χ1) is 11.0. The number of amides is 1. The van der Waals surface area contributed by atoms with Crippen LogP contribution in [0.4, 0.5) is 4.39 Å². The molecule has 0 N–H and O–H groups in total. The standard InChI is InChI=1S/C15H13FN4O3/c1-20-6-11(12(21)14(20)22)13-17-8-18-15(19-13)23-7-9-2-4-10(16)5-3-9/h2-5,8,11H,6-7H2,1H3. The molecule has 7 nitrogen and oxygen atoms in total. The van der Waals surface area contributed by atoms with Crippen molar-refractivity contribution in [1.29, 1.82) is 0 Å². The molecule has 1 aromatic carbocycles. The highest BCUT2D eigenvalue weighted by Gasteiger charge is 2.39. The molecule has 1 fully saturated rings. The zero-order valence-corrected chi connectivity index (χ0v) is 12.3. The Labute approximate surface area is 131 Å². The number of Topliss-reactive ketones (excluding diaryl/α,β-unsaturated/α-hetero) is 1. The Hall–Kier alpha value is -2.90. The normalized spacial score (nSPS) is 17.7. The molecule has 0 bridgehead atoms. The van der Waals surface area contributed by atoms with E-state index in [4.69, 9.17) is 4.74 Å². The molecule has 1 aliphatic rings. The average molecular weight is 316 g/mol. The lowest BCUT2D eigenvalue weighted by atomic mass is 10.1. The third-order valence-electron chi connectivity index (χ3n) is 3.49. The first-order valence-corrected chi connectivity index (χ1v) is 6.90. The Bertz CT molecular complexity index is 751. The van der Waals surface area contributed by atoms with Gasteiger partial charge in [-0.1, -0.05) is 12.1 Å². The Kier molecular flexibility index (Phi) is 3.96. The highest BCUT2D eigenvalue weighted by molar-refractivity contribution is 6.40. The summed E-state index contributed by atoms with van der Waals surface area (Å²) in [6.07, 6.45) is 1.23. The maximum absolute atomic E-state index is 12.8. The molecule has 3 rings (SSSR count). The van der Waals surface area contributed by atoms with E-state index in [-0.39, 0.29) is 30.8 Å². The van der Waals surface area contributed by atoms with Crippen LogP contribution >= 0.6 is 0 Å². The fourth-order valence-electron chi connectivity index (χ4n) is 2.23. The van der Waals surface area contributed by atoms with Crippen LogP contribution in [0.25, 0.3) is 0 Å². The first-order valence-electron chi connectivity index (χ1n) is 6.90. The Morgan fingerprint density at radius 1 is 1.26 bits per heavy atom. The third kappa shape index (κ3) is 3.15. The van der Waals surface area contributed by atoms with Gasteiger partial charge in [-0.3, -0.25) is 9.59 Å². The molecule has 0 spiro atoms. The first kappa shape index (κ1) is 15.0. The van der Waals surface area contributed by atoms with Gasteiger partial charge < -0.3 is 9.64 Å². The molecule has 23 heavy (non-hydrogen) atoms. The van der Waals surface area contributed by atoms with Gasteiger partial charge in [-0.25, -0.2) is 9.37 Å². The van der Waals surface area contributed by atoms with Crippen molar-refractivity contribution < 1.29 is 18.7 Å². The molecule has 0 radical (unpaired) electrons. The summed E-state index contributed by atoms with van der Waals surface area (Å²) in [5, 5.41) is 0. The fourth-order valence-corrected chi connectivity index (χ4v) is 2.23. The van der Waals surface area contributed by atoms with E-state index in [2.05, 4.69) is 15.0 Å². The summed E-state index contributed by atoms with van der Waals surface area (Å²) in [6.45, 7) is 0.389. The number of carbonyl (C=O) groups excluding carboxylic acids is 2. The van der Waals surface area contributed by atoms with Crippen molar-refractivity contribution in [3.8, 4) is 6.01 Å². The minimum absolute atomic E-state index is 0.0501. The summed E-state index contributed by atoms with van der Waals surface area (Å²) in [5.74, 6) is -1.92. The maximum atomic E-state index is 12.8. The van der Waals surface area contributed by atoms with Crippen molar-refractivity contribution >= 4 is 11.7 Å². The monoisotopic (exact) mass is 316 g/mol. The van der Waals surface area contributed by atoms with Crippen molar-refractivity contribution in [3.63, 3.8) is 0 Å². The van der Waals surface area contributed by atoms with Crippen molar-refractivity contribution in [2.24, 2.45) is 0 Å². The van der Waals surface area contributed by atoms with Crippen LogP contribution < -0.4 is 4.74 Å². The molecule has 118 valence electrons. The van der Waals surface area contributed by atoms with Crippen LogP contribution in [0.2, 0.25) is 0 Å². The van der Waals surface area contributed by atoms with Crippen LogP contribution in [0.15, 0.2) is 30.6 Å². The van der Waals surface area contributed by atoms with Gasteiger partial charge in [-0.15, -0.1) is 0 Å². The molecule has 1 aliphatic heterocycles. The Balaban J connectivity index is 1.71. The lowest BCUT2D eigenvalue weighted by Crippen LogP contribution is -2.22. The molecule has 1 atom stereocenters. The van der Waals surface area contributed by atoms with Gasteiger partial charge >= 0.3 is 6.01 Å².